The van der Waals surface area contributed by atoms with Crippen molar-refractivity contribution in [3.63, 3.8) is 0 Å². The van der Waals surface area contributed by atoms with Gasteiger partial charge in [0.05, 0.1) is 5.69 Å². The number of anilines is 1. The molecule has 2 aromatic carbocycles. The number of imide groups is 1. The van der Waals surface area contributed by atoms with Gasteiger partial charge in [-0.25, -0.2) is 9.29 Å². The molecule has 0 aliphatic carbocycles. The monoisotopic (exact) mass is 409 g/mol. The zero-order valence-corrected chi connectivity index (χ0v) is 16.5. The third kappa shape index (κ3) is 3.66. The molecule has 154 valence electrons. The van der Waals surface area contributed by atoms with Crippen LogP contribution in [0.4, 0.5) is 10.1 Å². The smallest absolute Gasteiger partial charge is 0.263 e. The maximum Gasteiger partial charge on any atom is 0.263 e. The lowest BCUT2D eigenvalue weighted by Gasteiger charge is -2.20. The highest BCUT2D eigenvalue weighted by Gasteiger charge is 2.55. The number of nitrogens with one attached hydrogen (secondary N) is 1. The highest BCUT2D eigenvalue weighted by atomic mass is 19.1. The number of nitrogens with zero attached hydrogens (tertiary/aromatic N) is 4. The molecule has 0 bridgehead atoms. The molecule has 0 spiro atoms. The Balaban J connectivity index is 1.44. The van der Waals surface area contributed by atoms with Gasteiger partial charge in [0.15, 0.2) is 12.1 Å². The first kappa shape index (κ1) is 19.7. The SMILES string of the molecule is Cc1cc(C)cc(N2C(=O)[C@@H]3[C@@H](N=NN3CC(=O)NCc3ccc(F)cc3)C2=O)c1. The van der Waals surface area contributed by atoms with Crippen LogP contribution in [0, 0.1) is 19.7 Å². The first-order chi connectivity index (χ1) is 14.3. The van der Waals surface area contributed by atoms with Crippen molar-refractivity contribution in [2.75, 3.05) is 11.4 Å². The molecular weight excluding hydrogens is 389 g/mol. The summed E-state index contributed by atoms with van der Waals surface area (Å²) in [5.74, 6) is -1.64. The minimum atomic E-state index is -0.955. The standard InChI is InChI=1S/C21H20FN5O3/c1-12-7-13(2)9-16(8-12)27-20(29)18-19(21(27)30)26(25-24-18)11-17(28)23-10-14-3-5-15(22)6-4-14/h3-9,18-19H,10-11H2,1-2H3,(H,23,28)/t18-,19+/m1/s1. The summed E-state index contributed by atoms with van der Waals surface area (Å²) in [4.78, 5) is 39.2. The zero-order valence-electron chi connectivity index (χ0n) is 16.5. The van der Waals surface area contributed by atoms with E-state index in [1.54, 1.807) is 24.3 Å². The van der Waals surface area contributed by atoms with E-state index in [-0.39, 0.29) is 24.8 Å². The van der Waals surface area contributed by atoms with Crippen LogP contribution in [0.25, 0.3) is 0 Å². The molecule has 1 fully saturated rings. The molecule has 9 heteroatoms. The number of hydrogen-bond acceptors (Lipinski definition) is 6. The normalized spacial score (nSPS) is 20.1. The molecule has 1 saturated heterocycles. The predicted octanol–water partition coefficient (Wildman–Crippen LogP) is 2.05. The lowest BCUT2D eigenvalue weighted by molar-refractivity contribution is -0.125. The van der Waals surface area contributed by atoms with Crippen molar-refractivity contribution in [2.45, 2.75) is 32.5 Å². The molecule has 0 radical (unpaired) electrons. The van der Waals surface area contributed by atoms with Gasteiger partial charge in [0.1, 0.15) is 12.4 Å². The van der Waals surface area contributed by atoms with Gasteiger partial charge in [-0.1, -0.05) is 23.4 Å². The molecule has 0 aromatic heterocycles. The highest BCUT2D eigenvalue weighted by Crippen LogP contribution is 2.32. The second-order valence-corrected chi connectivity index (χ2v) is 7.45. The highest BCUT2D eigenvalue weighted by molar-refractivity contribution is 6.25. The third-order valence-corrected chi connectivity index (χ3v) is 5.03. The summed E-state index contributed by atoms with van der Waals surface area (Å²) in [6.45, 7) is 3.77. The fraction of sp³-hybridized carbons (Fsp3) is 0.286. The Morgan fingerprint density at radius 1 is 1.07 bits per heavy atom. The second kappa shape index (κ2) is 7.66. The van der Waals surface area contributed by atoms with Crippen molar-refractivity contribution >= 4 is 23.4 Å². The van der Waals surface area contributed by atoms with Crippen LogP contribution in [0.3, 0.4) is 0 Å². The molecular formula is C21H20FN5O3. The summed E-state index contributed by atoms with van der Waals surface area (Å²) < 4.78 is 13.0. The first-order valence-electron chi connectivity index (χ1n) is 9.48. The van der Waals surface area contributed by atoms with E-state index < -0.39 is 23.9 Å². The van der Waals surface area contributed by atoms with Crippen LogP contribution in [0.15, 0.2) is 52.8 Å². The minimum Gasteiger partial charge on any atom is -0.350 e. The number of aryl methyl sites for hydroxylation is 2. The molecule has 2 atom stereocenters. The van der Waals surface area contributed by atoms with Crippen LogP contribution in [0.2, 0.25) is 0 Å². The molecule has 1 N–H and O–H groups in total. The molecule has 8 nitrogen and oxygen atoms in total. The molecule has 0 saturated carbocycles. The number of amides is 3. The summed E-state index contributed by atoms with van der Waals surface area (Å²) in [5, 5.41) is 11.7. The average molecular weight is 409 g/mol. The van der Waals surface area contributed by atoms with Crippen molar-refractivity contribution in [1.29, 1.82) is 0 Å². The molecule has 2 heterocycles. The lowest BCUT2D eigenvalue weighted by Crippen LogP contribution is -2.44. The predicted molar refractivity (Wildman–Crippen MR) is 106 cm³/mol. The summed E-state index contributed by atoms with van der Waals surface area (Å²) in [7, 11) is 0. The van der Waals surface area contributed by atoms with Gasteiger partial charge in [-0.05, 0) is 54.8 Å². The number of halogens is 1. The van der Waals surface area contributed by atoms with Gasteiger partial charge in [-0.2, -0.15) is 5.11 Å². The van der Waals surface area contributed by atoms with Crippen LogP contribution < -0.4 is 10.2 Å². The van der Waals surface area contributed by atoms with E-state index >= 15 is 0 Å². The Hall–Kier alpha value is -3.62. The molecule has 0 unspecified atom stereocenters. The Bertz CT molecular complexity index is 1030. The number of rotatable bonds is 5. The van der Waals surface area contributed by atoms with Gasteiger partial charge in [0.2, 0.25) is 5.91 Å². The van der Waals surface area contributed by atoms with E-state index in [0.29, 0.717) is 5.69 Å². The fourth-order valence-electron chi connectivity index (χ4n) is 3.69. The number of benzene rings is 2. The Kier molecular flexibility index (Phi) is 5.03. The number of carbonyl (C=O) groups excluding carboxylic acids is 3. The molecule has 2 aliphatic heterocycles. The van der Waals surface area contributed by atoms with Crippen LogP contribution in [-0.2, 0) is 20.9 Å². The van der Waals surface area contributed by atoms with Crippen molar-refractivity contribution in [3.05, 3.63) is 65.0 Å². The summed E-state index contributed by atoms with van der Waals surface area (Å²) in [6, 6.07) is 9.35. The van der Waals surface area contributed by atoms with Gasteiger partial charge >= 0.3 is 0 Å². The van der Waals surface area contributed by atoms with Gasteiger partial charge < -0.3 is 5.32 Å². The maximum absolute atomic E-state index is 13.0. The Morgan fingerprint density at radius 2 is 1.73 bits per heavy atom. The molecule has 30 heavy (non-hydrogen) atoms. The van der Waals surface area contributed by atoms with Crippen LogP contribution >= 0.6 is 0 Å². The largest absolute Gasteiger partial charge is 0.350 e. The Labute approximate surface area is 172 Å². The summed E-state index contributed by atoms with van der Waals surface area (Å²) in [5.41, 5.74) is 3.09. The number of hydrogen-bond donors (Lipinski definition) is 1. The minimum absolute atomic E-state index is 0.208. The van der Waals surface area contributed by atoms with Crippen molar-refractivity contribution in [2.24, 2.45) is 10.3 Å². The van der Waals surface area contributed by atoms with Crippen LogP contribution in [0.5, 0.6) is 0 Å². The van der Waals surface area contributed by atoms with E-state index in [0.717, 1.165) is 21.6 Å². The second-order valence-electron chi connectivity index (χ2n) is 7.45. The number of fused-ring (bicyclic) bond motifs is 1. The van der Waals surface area contributed by atoms with E-state index in [2.05, 4.69) is 15.7 Å². The third-order valence-electron chi connectivity index (χ3n) is 5.03. The topological polar surface area (TPSA) is 94.4 Å². The van der Waals surface area contributed by atoms with E-state index in [4.69, 9.17) is 0 Å². The van der Waals surface area contributed by atoms with Crippen LogP contribution in [-0.4, -0.2) is 41.4 Å². The van der Waals surface area contributed by atoms with E-state index in [1.165, 1.54) is 17.1 Å². The summed E-state index contributed by atoms with van der Waals surface area (Å²) >= 11 is 0. The van der Waals surface area contributed by atoms with Crippen molar-refractivity contribution < 1.29 is 18.8 Å². The lowest BCUT2D eigenvalue weighted by atomic mass is 10.1. The fourth-order valence-corrected chi connectivity index (χ4v) is 3.69. The van der Waals surface area contributed by atoms with Gasteiger partial charge in [0, 0.05) is 6.54 Å². The molecule has 2 aromatic rings. The quantitative estimate of drug-likeness (QED) is 0.765. The van der Waals surface area contributed by atoms with Crippen molar-refractivity contribution in [1.82, 2.24) is 10.3 Å². The van der Waals surface area contributed by atoms with Gasteiger partial charge in [-0.3, -0.25) is 19.4 Å². The van der Waals surface area contributed by atoms with Gasteiger partial charge in [-0.15, -0.1) is 0 Å². The van der Waals surface area contributed by atoms with Crippen LogP contribution in [0.1, 0.15) is 16.7 Å². The van der Waals surface area contributed by atoms with Crippen molar-refractivity contribution in [3.8, 4) is 0 Å². The molecule has 4 rings (SSSR count). The number of carbonyl (C=O) groups is 3. The van der Waals surface area contributed by atoms with Gasteiger partial charge in [0.25, 0.3) is 11.8 Å². The average Bonchev–Trinajstić information content (AvgIpc) is 3.20. The Morgan fingerprint density at radius 3 is 2.40 bits per heavy atom. The maximum atomic E-state index is 13.0. The van der Waals surface area contributed by atoms with E-state index in [1.807, 2.05) is 19.9 Å². The van der Waals surface area contributed by atoms with E-state index in [9.17, 15) is 18.8 Å². The molecule has 2 aliphatic rings. The summed E-state index contributed by atoms with van der Waals surface area (Å²) in [6.07, 6.45) is 0. The first-order valence-corrected chi connectivity index (χ1v) is 9.48. The molecule has 3 amide bonds. The zero-order chi connectivity index (χ0) is 21.4.